The molecule has 0 unspecified atom stereocenters. The molecule has 0 aliphatic heterocycles. The SMILES string of the molecule is O=C(O)N(Cc1ccccc1)c1ccnc(=O)[nH]1. The number of nitrogens with one attached hydrogen (secondary N) is 1. The van der Waals surface area contributed by atoms with Gasteiger partial charge in [0.2, 0.25) is 0 Å². The summed E-state index contributed by atoms with van der Waals surface area (Å²) in [7, 11) is 0. The van der Waals surface area contributed by atoms with E-state index in [0.29, 0.717) is 0 Å². The Morgan fingerprint density at radius 1 is 1.28 bits per heavy atom. The van der Waals surface area contributed by atoms with E-state index in [1.165, 1.54) is 12.3 Å². The Hall–Kier alpha value is -2.63. The third-order valence-corrected chi connectivity index (χ3v) is 2.36. The molecule has 0 aliphatic carbocycles. The molecule has 0 bridgehead atoms. The molecule has 1 aromatic heterocycles. The monoisotopic (exact) mass is 245 g/mol. The molecule has 92 valence electrons. The van der Waals surface area contributed by atoms with E-state index in [9.17, 15) is 9.59 Å². The summed E-state index contributed by atoms with van der Waals surface area (Å²) < 4.78 is 0. The summed E-state index contributed by atoms with van der Waals surface area (Å²) in [6.45, 7) is 0.163. The molecular weight excluding hydrogens is 234 g/mol. The van der Waals surface area contributed by atoms with E-state index < -0.39 is 11.8 Å². The molecule has 1 aromatic carbocycles. The van der Waals surface area contributed by atoms with Gasteiger partial charge in [-0.25, -0.2) is 14.6 Å². The Kier molecular flexibility index (Phi) is 3.38. The zero-order chi connectivity index (χ0) is 13.0. The topological polar surface area (TPSA) is 86.3 Å². The van der Waals surface area contributed by atoms with Crippen molar-refractivity contribution in [1.82, 2.24) is 9.97 Å². The van der Waals surface area contributed by atoms with Crippen molar-refractivity contribution < 1.29 is 9.90 Å². The number of hydrogen-bond acceptors (Lipinski definition) is 3. The quantitative estimate of drug-likeness (QED) is 0.856. The maximum absolute atomic E-state index is 11.2. The third-order valence-electron chi connectivity index (χ3n) is 2.36. The van der Waals surface area contributed by atoms with Gasteiger partial charge in [-0.15, -0.1) is 0 Å². The van der Waals surface area contributed by atoms with E-state index in [1.807, 2.05) is 30.3 Å². The van der Waals surface area contributed by atoms with Crippen LogP contribution in [0.4, 0.5) is 10.6 Å². The fourth-order valence-electron chi connectivity index (χ4n) is 1.54. The number of carboxylic acid groups (broad SMARTS) is 1. The van der Waals surface area contributed by atoms with E-state index in [2.05, 4.69) is 9.97 Å². The number of aromatic amines is 1. The highest BCUT2D eigenvalue weighted by Gasteiger charge is 2.15. The maximum Gasteiger partial charge on any atom is 0.413 e. The highest BCUT2D eigenvalue weighted by atomic mass is 16.4. The third kappa shape index (κ3) is 2.73. The Morgan fingerprint density at radius 3 is 2.61 bits per heavy atom. The summed E-state index contributed by atoms with van der Waals surface area (Å²) >= 11 is 0. The van der Waals surface area contributed by atoms with Crippen LogP contribution in [0.1, 0.15) is 5.56 Å². The van der Waals surface area contributed by atoms with Crippen molar-refractivity contribution in [1.29, 1.82) is 0 Å². The smallest absolute Gasteiger partial charge is 0.413 e. The second-order valence-electron chi connectivity index (χ2n) is 3.61. The fourth-order valence-corrected chi connectivity index (χ4v) is 1.54. The lowest BCUT2D eigenvalue weighted by molar-refractivity contribution is 0.201. The van der Waals surface area contributed by atoms with Crippen molar-refractivity contribution >= 4 is 11.9 Å². The zero-order valence-electron chi connectivity index (χ0n) is 9.41. The molecule has 2 aromatic rings. The maximum atomic E-state index is 11.2. The standard InChI is InChI=1S/C12H11N3O3/c16-11-13-7-6-10(14-11)15(12(17)18)8-9-4-2-1-3-5-9/h1-7H,8H2,(H,17,18)(H,13,14,16). The first-order valence-electron chi connectivity index (χ1n) is 5.26. The van der Waals surface area contributed by atoms with Gasteiger partial charge in [-0.1, -0.05) is 30.3 Å². The number of H-pyrrole nitrogens is 1. The zero-order valence-corrected chi connectivity index (χ0v) is 9.41. The Labute approximate surface area is 103 Å². The number of aromatic nitrogens is 2. The van der Waals surface area contributed by atoms with Crippen molar-refractivity contribution in [3.05, 3.63) is 58.6 Å². The summed E-state index contributed by atoms with van der Waals surface area (Å²) in [5, 5.41) is 9.16. The van der Waals surface area contributed by atoms with Crippen molar-refractivity contribution in [2.45, 2.75) is 6.54 Å². The molecule has 0 fully saturated rings. The lowest BCUT2D eigenvalue weighted by Crippen LogP contribution is -2.31. The van der Waals surface area contributed by atoms with E-state index in [-0.39, 0.29) is 12.4 Å². The first-order chi connectivity index (χ1) is 8.66. The van der Waals surface area contributed by atoms with Crippen LogP contribution in [0.3, 0.4) is 0 Å². The minimum atomic E-state index is -1.14. The predicted molar refractivity (Wildman–Crippen MR) is 65.5 cm³/mol. The molecule has 6 heteroatoms. The second kappa shape index (κ2) is 5.13. The summed E-state index contributed by atoms with van der Waals surface area (Å²) in [6, 6.07) is 10.6. The van der Waals surface area contributed by atoms with Gasteiger partial charge in [0.1, 0.15) is 5.82 Å². The average molecular weight is 245 g/mol. The van der Waals surface area contributed by atoms with Gasteiger partial charge in [0.25, 0.3) is 0 Å². The average Bonchev–Trinajstić information content (AvgIpc) is 2.37. The van der Waals surface area contributed by atoms with Crippen LogP contribution >= 0.6 is 0 Å². The molecule has 0 atom stereocenters. The number of carbonyl (C=O) groups is 1. The lowest BCUT2D eigenvalue weighted by atomic mass is 10.2. The van der Waals surface area contributed by atoms with Crippen LogP contribution in [0.15, 0.2) is 47.4 Å². The second-order valence-corrected chi connectivity index (χ2v) is 3.61. The molecule has 2 rings (SSSR count). The summed E-state index contributed by atoms with van der Waals surface area (Å²) in [4.78, 5) is 29.2. The summed E-state index contributed by atoms with van der Waals surface area (Å²) in [5.41, 5.74) is 0.254. The lowest BCUT2D eigenvalue weighted by Gasteiger charge is -2.18. The van der Waals surface area contributed by atoms with E-state index in [0.717, 1.165) is 10.5 Å². The Balaban J connectivity index is 2.30. The molecule has 0 saturated heterocycles. The minimum absolute atomic E-state index is 0.163. The number of amides is 1. The van der Waals surface area contributed by atoms with Crippen LogP contribution in [-0.4, -0.2) is 21.2 Å². The van der Waals surface area contributed by atoms with Gasteiger partial charge in [0.05, 0.1) is 6.54 Å². The highest BCUT2D eigenvalue weighted by molar-refractivity contribution is 5.84. The minimum Gasteiger partial charge on any atom is -0.465 e. The first kappa shape index (κ1) is 11.8. The largest absolute Gasteiger partial charge is 0.465 e. The molecular formula is C12H11N3O3. The van der Waals surface area contributed by atoms with Crippen LogP contribution in [0.25, 0.3) is 0 Å². The van der Waals surface area contributed by atoms with Crippen LogP contribution in [0, 0.1) is 0 Å². The molecule has 0 radical (unpaired) electrons. The Bertz CT molecular complexity index is 595. The number of rotatable bonds is 3. The van der Waals surface area contributed by atoms with Crippen LogP contribution < -0.4 is 10.6 Å². The molecule has 0 spiro atoms. The fraction of sp³-hybridized carbons (Fsp3) is 0.0833. The first-order valence-corrected chi connectivity index (χ1v) is 5.26. The van der Waals surface area contributed by atoms with Crippen LogP contribution in [0.5, 0.6) is 0 Å². The molecule has 1 heterocycles. The van der Waals surface area contributed by atoms with Gasteiger partial charge in [-0.3, -0.25) is 9.88 Å². The van der Waals surface area contributed by atoms with E-state index >= 15 is 0 Å². The predicted octanol–water partition coefficient (Wildman–Crippen LogP) is 1.45. The Morgan fingerprint density at radius 2 is 2.00 bits per heavy atom. The summed E-state index contributed by atoms with van der Waals surface area (Å²) in [5.74, 6) is 0.200. The van der Waals surface area contributed by atoms with Gasteiger partial charge >= 0.3 is 11.8 Å². The van der Waals surface area contributed by atoms with Gasteiger partial charge < -0.3 is 5.11 Å². The van der Waals surface area contributed by atoms with E-state index in [1.54, 1.807) is 0 Å². The summed E-state index contributed by atoms with van der Waals surface area (Å²) in [6.07, 6.45) is 0.135. The van der Waals surface area contributed by atoms with E-state index in [4.69, 9.17) is 5.11 Å². The van der Waals surface area contributed by atoms with Gasteiger partial charge in [0.15, 0.2) is 0 Å². The van der Waals surface area contributed by atoms with Crippen molar-refractivity contribution in [3.8, 4) is 0 Å². The molecule has 6 nitrogen and oxygen atoms in total. The van der Waals surface area contributed by atoms with Crippen molar-refractivity contribution in [2.75, 3.05) is 4.90 Å². The highest BCUT2D eigenvalue weighted by Crippen LogP contribution is 2.12. The molecule has 18 heavy (non-hydrogen) atoms. The van der Waals surface area contributed by atoms with Crippen molar-refractivity contribution in [3.63, 3.8) is 0 Å². The molecule has 0 saturated carbocycles. The van der Waals surface area contributed by atoms with Gasteiger partial charge in [0, 0.05) is 6.20 Å². The van der Waals surface area contributed by atoms with Crippen molar-refractivity contribution in [2.24, 2.45) is 0 Å². The number of benzene rings is 1. The van der Waals surface area contributed by atoms with Crippen LogP contribution in [-0.2, 0) is 6.54 Å². The molecule has 0 aliphatic rings. The molecule has 1 amide bonds. The van der Waals surface area contributed by atoms with Crippen LogP contribution in [0.2, 0.25) is 0 Å². The number of nitrogens with zero attached hydrogens (tertiary/aromatic N) is 2. The number of hydrogen-bond donors (Lipinski definition) is 2. The normalized spacial score (nSPS) is 10.0. The van der Waals surface area contributed by atoms with Gasteiger partial charge in [-0.2, -0.15) is 0 Å². The number of anilines is 1. The van der Waals surface area contributed by atoms with Gasteiger partial charge in [-0.05, 0) is 11.6 Å². The molecule has 2 N–H and O–H groups in total.